The van der Waals surface area contributed by atoms with Gasteiger partial charge in [-0.15, -0.1) is 0 Å². The maximum atomic E-state index is 12.2. The van der Waals surface area contributed by atoms with Gasteiger partial charge in [0.15, 0.2) is 0 Å². The normalized spacial score (nSPS) is 10.3. The van der Waals surface area contributed by atoms with Crippen LogP contribution in [0.4, 0.5) is 5.69 Å². The summed E-state index contributed by atoms with van der Waals surface area (Å²) < 4.78 is 0.714. The second-order valence-electron chi connectivity index (χ2n) is 4.07. The summed E-state index contributed by atoms with van der Waals surface area (Å²) in [7, 11) is 0. The van der Waals surface area contributed by atoms with Crippen molar-refractivity contribution in [2.75, 3.05) is 5.32 Å². The van der Waals surface area contributed by atoms with E-state index in [1.165, 1.54) is 0 Å². The second kappa shape index (κ2) is 6.22. The van der Waals surface area contributed by atoms with Crippen LogP contribution < -0.4 is 5.32 Å². The third-order valence-corrected chi connectivity index (χ3v) is 4.14. The maximum absolute atomic E-state index is 12.2. The molecular formula is C15H13BrClNO. The molecule has 2 nitrogen and oxygen atoms in total. The Kier molecular flexibility index (Phi) is 4.61. The van der Waals surface area contributed by atoms with Crippen molar-refractivity contribution >= 4 is 39.1 Å². The first-order valence-corrected chi connectivity index (χ1v) is 7.14. The topological polar surface area (TPSA) is 29.1 Å². The fraction of sp³-hybridized carbons (Fsp3) is 0.133. The lowest BCUT2D eigenvalue weighted by Crippen LogP contribution is -2.13. The highest BCUT2D eigenvalue weighted by molar-refractivity contribution is 9.10. The van der Waals surface area contributed by atoms with Gasteiger partial charge in [0.05, 0.1) is 10.6 Å². The molecule has 2 rings (SSSR count). The highest BCUT2D eigenvalue weighted by Gasteiger charge is 2.13. The van der Waals surface area contributed by atoms with Gasteiger partial charge in [-0.25, -0.2) is 0 Å². The average Bonchev–Trinajstić information content (AvgIpc) is 2.42. The zero-order valence-corrected chi connectivity index (χ0v) is 12.8. The summed E-state index contributed by atoms with van der Waals surface area (Å²) >= 11 is 9.44. The van der Waals surface area contributed by atoms with Gasteiger partial charge in [0.2, 0.25) is 0 Å². The van der Waals surface area contributed by atoms with Gasteiger partial charge in [0.25, 0.3) is 5.91 Å². The van der Waals surface area contributed by atoms with Crippen LogP contribution in [-0.2, 0) is 6.42 Å². The van der Waals surface area contributed by atoms with Crippen LogP contribution in [-0.4, -0.2) is 5.91 Å². The third-order valence-electron chi connectivity index (χ3n) is 2.84. The molecule has 0 atom stereocenters. The van der Waals surface area contributed by atoms with Gasteiger partial charge in [-0.05, 0) is 46.1 Å². The molecule has 0 aliphatic heterocycles. The number of anilines is 1. The lowest BCUT2D eigenvalue weighted by Gasteiger charge is -2.11. The summed E-state index contributed by atoms with van der Waals surface area (Å²) in [6.45, 7) is 2.05. The number of benzene rings is 2. The lowest BCUT2D eigenvalue weighted by molar-refractivity contribution is 0.102. The zero-order chi connectivity index (χ0) is 13.8. The molecule has 0 fully saturated rings. The summed E-state index contributed by atoms with van der Waals surface area (Å²) in [6.07, 6.45) is 0.864. The van der Waals surface area contributed by atoms with Crippen LogP contribution in [0.1, 0.15) is 22.8 Å². The monoisotopic (exact) mass is 337 g/mol. The summed E-state index contributed by atoms with van der Waals surface area (Å²) in [5.74, 6) is -0.202. The van der Waals surface area contributed by atoms with Crippen LogP contribution >= 0.6 is 27.5 Å². The van der Waals surface area contributed by atoms with Crippen molar-refractivity contribution in [3.05, 3.63) is 63.1 Å². The number of amides is 1. The number of halogens is 2. The summed E-state index contributed by atoms with van der Waals surface area (Å²) in [5.41, 5.74) is 2.38. The molecule has 0 unspecified atom stereocenters. The first-order chi connectivity index (χ1) is 9.13. The molecule has 0 aliphatic carbocycles. The molecule has 0 saturated carbocycles. The maximum Gasteiger partial charge on any atom is 0.257 e. The van der Waals surface area contributed by atoms with Crippen molar-refractivity contribution in [1.82, 2.24) is 0 Å². The molecule has 4 heteroatoms. The van der Waals surface area contributed by atoms with E-state index in [1.54, 1.807) is 18.2 Å². The minimum Gasteiger partial charge on any atom is -0.322 e. The average molecular weight is 339 g/mol. The standard InChI is InChI=1S/C15H13BrClNO/c1-2-10-6-3-4-9-13(10)18-15(19)11-7-5-8-12(16)14(11)17/h3-9H,2H2,1H3,(H,18,19). The Balaban J connectivity index is 2.28. The van der Waals surface area contributed by atoms with Crippen LogP contribution in [0.15, 0.2) is 46.9 Å². The Hall–Kier alpha value is -1.32. The Morgan fingerprint density at radius 3 is 2.68 bits per heavy atom. The van der Waals surface area contributed by atoms with Gasteiger partial charge in [-0.2, -0.15) is 0 Å². The van der Waals surface area contributed by atoms with Gasteiger partial charge >= 0.3 is 0 Å². The predicted molar refractivity (Wildman–Crippen MR) is 82.9 cm³/mol. The van der Waals surface area contributed by atoms with Gasteiger partial charge in [-0.3, -0.25) is 4.79 Å². The van der Waals surface area contributed by atoms with Crippen LogP contribution in [0.25, 0.3) is 0 Å². The number of para-hydroxylation sites is 1. The van der Waals surface area contributed by atoms with Crippen LogP contribution in [0.5, 0.6) is 0 Å². The second-order valence-corrected chi connectivity index (χ2v) is 5.30. The van der Waals surface area contributed by atoms with Gasteiger partial charge in [-0.1, -0.05) is 42.8 Å². The lowest BCUT2D eigenvalue weighted by atomic mass is 10.1. The fourth-order valence-electron chi connectivity index (χ4n) is 1.82. The predicted octanol–water partition coefficient (Wildman–Crippen LogP) is 4.92. The summed E-state index contributed by atoms with van der Waals surface area (Å²) in [4.78, 5) is 12.2. The van der Waals surface area contributed by atoms with Crippen molar-refractivity contribution in [3.8, 4) is 0 Å². The molecule has 1 amide bonds. The summed E-state index contributed by atoms with van der Waals surface area (Å²) in [5, 5.41) is 3.33. The number of carbonyl (C=O) groups is 1. The molecule has 2 aromatic carbocycles. The first kappa shape index (κ1) is 14.1. The third kappa shape index (κ3) is 3.17. The van der Waals surface area contributed by atoms with E-state index >= 15 is 0 Å². The van der Waals surface area contributed by atoms with E-state index in [2.05, 4.69) is 28.2 Å². The number of nitrogens with one attached hydrogen (secondary N) is 1. The van der Waals surface area contributed by atoms with Crippen molar-refractivity contribution in [2.24, 2.45) is 0 Å². The van der Waals surface area contributed by atoms with Gasteiger partial charge in [0.1, 0.15) is 0 Å². The van der Waals surface area contributed by atoms with Crippen molar-refractivity contribution in [1.29, 1.82) is 0 Å². The highest BCUT2D eigenvalue weighted by Crippen LogP contribution is 2.27. The van der Waals surface area contributed by atoms with Crippen molar-refractivity contribution in [3.63, 3.8) is 0 Å². The molecule has 0 aliphatic rings. The zero-order valence-electron chi connectivity index (χ0n) is 10.4. The van der Waals surface area contributed by atoms with E-state index in [1.807, 2.05) is 24.3 Å². The fourth-order valence-corrected chi connectivity index (χ4v) is 2.40. The molecule has 1 N–H and O–H groups in total. The van der Waals surface area contributed by atoms with Gasteiger partial charge in [0, 0.05) is 10.2 Å². The van der Waals surface area contributed by atoms with Crippen LogP contribution in [0.3, 0.4) is 0 Å². The van der Waals surface area contributed by atoms with E-state index in [9.17, 15) is 4.79 Å². The molecular weight excluding hydrogens is 326 g/mol. The Bertz CT molecular complexity index is 613. The first-order valence-electron chi connectivity index (χ1n) is 5.96. The number of rotatable bonds is 3. The molecule has 0 radical (unpaired) electrons. The van der Waals surface area contributed by atoms with Crippen molar-refractivity contribution < 1.29 is 4.79 Å². The Morgan fingerprint density at radius 1 is 1.21 bits per heavy atom. The van der Waals surface area contributed by atoms with Crippen LogP contribution in [0.2, 0.25) is 5.02 Å². The number of carbonyl (C=O) groups excluding carboxylic acids is 1. The minimum atomic E-state index is -0.202. The molecule has 19 heavy (non-hydrogen) atoms. The smallest absolute Gasteiger partial charge is 0.257 e. The molecule has 0 aromatic heterocycles. The van der Waals surface area contributed by atoms with Crippen molar-refractivity contribution in [2.45, 2.75) is 13.3 Å². The number of hydrogen-bond donors (Lipinski definition) is 1. The Morgan fingerprint density at radius 2 is 1.95 bits per heavy atom. The van der Waals surface area contributed by atoms with E-state index in [0.717, 1.165) is 17.7 Å². The van der Waals surface area contributed by atoms with E-state index in [4.69, 9.17) is 11.6 Å². The molecule has 2 aromatic rings. The van der Waals surface area contributed by atoms with E-state index in [-0.39, 0.29) is 5.91 Å². The summed E-state index contributed by atoms with van der Waals surface area (Å²) in [6, 6.07) is 13.0. The molecule has 0 spiro atoms. The largest absolute Gasteiger partial charge is 0.322 e. The Labute approximate surface area is 125 Å². The minimum absolute atomic E-state index is 0.202. The van der Waals surface area contributed by atoms with Gasteiger partial charge < -0.3 is 5.32 Å². The van der Waals surface area contributed by atoms with Crippen LogP contribution in [0, 0.1) is 0 Å². The SMILES string of the molecule is CCc1ccccc1NC(=O)c1cccc(Br)c1Cl. The molecule has 0 heterocycles. The number of aryl methyl sites for hydroxylation is 1. The molecule has 0 saturated heterocycles. The van der Waals surface area contributed by atoms with E-state index < -0.39 is 0 Å². The molecule has 98 valence electrons. The quantitative estimate of drug-likeness (QED) is 0.846. The highest BCUT2D eigenvalue weighted by atomic mass is 79.9. The number of hydrogen-bond acceptors (Lipinski definition) is 1. The van der Waals surface area contributed by atoms with E-state index in [0.29, 0.717) is 15.1 Å². The molecule has 0 bridgehead atoms.